The molecule has 0 aliphatic carbocycles. The van der Waals surface area contributed by atoms with Gasteiger partial charge in [-0.15, -0.1) is 0 Å². The first kappa shape index (κ1) is 14.3. The maximum atomic E-state index is 12.6. The summed E-state index contributed by atoms with van der Waals surface area (Å²) in [5.41, 5.74) is -0.781. The molecule has 19 heavy (non-hydrogen) atoms. The molecule has 2 amide bonds. The number of hydrogen-bond donors (Lipinski definition) is 1. The zero-order valence-corrected chi connectivity index (χ0v) is 12.4. The van der Waals surface area contributed by atoms with Gasteiger partial charge in [-0.3, -0.25) is 9.59 Å². The molecule has 2 heterocycles. The first-order chi connectivity index (χ1) is 8.81. The zero-order valence-electron chi connectivity index (χ0n) is 12.4. The van der Waals surface area contributed by atoms with E-state index < -0.39 is 5.54 Å². The SMILES string of the molecule is CC1CN(C)CCC1N1CCC(=O)NC(C)(C)C1=O. The molecule has 0 spiro atoms. The Morgan fingerprint density at radius 2 is 1.95 bits per heavy atom. The van der Waals surface area contributed by atoms with Crippen molar-refractivity contribution in [2.24, 2.45) is 5.92 Å². The molecule has 2 rings (SSSR count). The van der Waals surface area contributed by atoms with Crippen LogP contribution < -0.4 is 5.32 Å². The molecule has 2 atom stereocenters. The number of amides is 2. The topological polar surface area (TPSA) is 52.6 Å². The van der Waals surface area contributed by atoms with Gasteiger partial charge in [-0.1, -0.05) is 6.92 Å². The van der Waals surface area contributed by atoms with Crippen LogP contribution in [0.2, 0.25) is 0 Å². The first-order valence-electron chi connectivity index (χ1n) is 7.12. The van der Waals surface area contributed by atoms with E-state index in [1.165, 1.54) is 0 Å². The lowest BCUT2D eigenvalue weighted by Crippen LogP contribution is -2.58. The molecule has 5 nitrogen and oxygen atoms in total. The van der Waals surface area contributed by atoms with Crippen LogP contribution in [0.15, 0.2) is 0 Å². The summed E-state index contributed by atoms with van der Waals surface area (Å²) in [4.78, 5) is 28.6. The van der Waals surface area contributed by atoms with Crippen molar-refractivity contribution in [2.45, 2.75) is 45.2 Å². The molecule has 0 saturated carbocycles. The average Bonchev–Trinajstić information content (AvgIpc) is 2.38. The number of hydrogen-bond acceptors (Lipinski definition) is 3. The predicted molar refractivity (Wildman–Crippen MR) is 73.6 cm³/mol. The van der Waals surface area contributed by atoms with Gasteiger partial charge < -0.3 is 15.1 Å². The van der Waals surface area contributed by atoms with E-state index in [0.717, 1.165) is 19.5 Å². The molecule has 2 unspecified atom stereocenters. The summed E-state index contributed by atoms with van der Waals surface area (Å²) < 4.78 is 0. The minimum atomic E-state index is -0.781. The Bertz CT molecular complexity index is 381. The Morgan fingerprint density at radius 3 is 2.58 bits per heavy atom. The van der Waals surface area contributed by atoms with Crippen LogP contribution in [-0.2, 0) is 9.59 Å². The highest BCUT2D eigenvalue weighted by Crippen LogP contribution is 2.25. The molecule has 0 aromatic carbocycles. The summed E-state index contributed by atoms with van der Waals surface area (Å²) in [5, 5.41) is 2.82. The summed E-state index contributed by atoms with van der Waals surface area (Å²) >= 11 is 0. The normalized spacial score (nSPS) is 32.9. The number of piperidine rings is 1. The molecular formula is C14H25N3O2. The number of rotatable bonds is 1. The maximum absolute atomic E-state index is 12.6. The molecule has 0 aromatic heterocycles. The maximum Gasteiger partial charge on any atom is 0.248 e. The van der Waals surface area contributed by atoms with Crippen molar-refractivity contribution in [1.82, 2.24) is 15.1 Å². The molecule has 2 aliphatic rings. The Balaban J connectivity index is 2.18. The minimum Gasteiger partial charge on any atom is -0.342 e. The van der Waals surface area contributed by atoms with Crippen molar-refractivity contribution < 1.29 is 9.59 Å². The highest BCUT2D eigenvalue weighted by atomic mass is 16.2. The molecule has 2 aliphatic heterocycles. The summed E-state index contributed by atoms with van der Waals surface area (Å²) in [7, 11) is 2.12. The molecule has 1 N–H and O–H groups in total. The summed E-state index contributed by atoms with van der Waals surface area (Å²) in [6.07, 6.45) is 1.40. The molecule has 2 saturated heterocycles. The fourth-order valence-corrected chi connectivity index (χ4v) is 3.27. The van der Waals surface area contributed by atoms with Gasteiger partial charge >= 0.3 is 0 Å². The van der Waals surface area contributed by atoms with E-state index in [-0.39, 0.29) is 17.9 Å². The van der Waals surface area contributed by atoms with E-state index in [1.54, 1.807) is 13.8 Å². The number of nitrogens with one attached hydrogen (secondary N) is 1. The smallest absolute Gasteiger partial charge is 0.248 e. The molecule has 108 valence electrons. The Labute approximate surface area is 115 Å². The standard InChI is InChI=1S/C14H25N3O2/c1-10-9-16(4)7-5-11(10)17-8-6-12(18)15-14(2,3)13(17)19/h10-11H,5-9H2,1-4H3,(H,15,18). The molecule has 0 bridgehead atoms. The van der Waals surface area contributed by atoms with Crippen LogP contribution in [0, 0.1) is 5.92 Å². The van der Waals surface area contributed by atoms with Crippen molar-refractivity contribution in [3.05, 3.63) is 0 Å². The van der Waals surface area contributed by atoms with Gasteiger partial charge in [0.2, 0.25) is 11.8 Å². The van der Waals surface area contributed by atoms with Gasteiger partial charge in [-0.25, -0.2) is 0 Å². The number of carbonyl (C=O) groups excluding carboxylic acids is 2. The van der Waals surface area contributed by atoms with E-state index in [1.807, 2.05) is 4.90 Å². The lowest BCUT2D eigenvalue weighted by molar-refractivity contribution is -0.141. The van der Waals surface area contributed by atoms with E-state index in [0.29, 0.717) is 18.9 Å². The Kier molecular flexibility index (Phi) is 3.85. The highest BCUT2D eigenvalue weighted by molar-refractivity contribution is 5.93. The van der Waals surface area contributed by atoms with Crippen LogP contribution in [-0.4, -0.2) is 59.9 Å². The van der Waals surface area contributed by atoms with Gasteiger partial charge in [0.15, 0.2) is 0 Å². The monoisotopic (exact) mass is 267 g/mol. The largest absolute Gasteiger partial charge is 0.342 e. The van der Waals surface area contributed by atoms with Crippen molar-refractivity contribution >= 4 is 11.8 Å². The third-order valence-corrected chi connectivity index (χ3v) is 4.29. The fraction of sp³-hybridized carbons (Fsp3) is 0.857. The lowest BCUT2D eigenvalue weighted by Gasteiger charge is -2.43. The minimum absolute atomic E-state index is 0.0265. The Morgan fingerprint density at radius 1 is 1.26 bits per heavy atom. The third-order valence-electron chi connectivity index (χ3n) is 4.29. The second-order valence-electron chi connectivity index (χ2n) is 6.52. The van der Waals surface area contributed by atoms with Crippen LogP contribution in [0.5, 0.6) is 0 Å². The quantitative estimate of drug-likeness (QED) is 0.750. The van der Waals surface area contributed by atoms with Crippen molar-refractivity contribution in [3.63, 3.8) is 0 Å². The Hall–Kier alpha value is -1.10. The van der Waals surface area contributed by atoms with E-state index in [9.17, 15) is 9.59 Å². The van der Waals surface area contributed by atoms with Crippen LogP contribution in [0.25, 0.3) is 0 Å². The van der Waals surface area contributed by atoms with Crippen LogP contribution in [0.3, 0.4) is 0 Å². The number of carbonyl (C=O) groups is 2. The first-order valence-corrected chi connectivity index (χ1v) is 7.12. The van der Waals surface area contributed by atoms with Crippen LogP contribution >= 0.6 is 0 Å². The van der Waals surface area contributed by atoms with Gasteiger partial charge in [0, 0.05) is 25.6 Å². The van der Waals surface area contributed by atoms with Crippen LogP contribution in [0.4, 0.5) is 0 Å². The van der Waals surface area contributed by atoms with Gasteiger partial charge in [0.1, 0.15) is 5.54 Å². The van der Waals surface area contributed by atoms with E-state index in [2.05, 4.69) is 24.2 Å². The highest BCUT2D eigenvalue weighted by Gasteiger charge is 2.41. The lowest BCUT2D eigenvalue weighted by atomic mass is 9.91. The summed E-state index contributed by atoms with van der Waals surface area (Å²) in [6, 6.07) is 0.260. The molecule has 2 fully saturated rings. The average molecular weight is 267 g/mol. The predicted octanol–water partition coefficient (Wildman–Crippen LogP) is 0.454. The molecule has 0 radical (unpaired) electrons. The van der Waals surface area contributed by atoms with Crippen LogP contribution in [0.1, 0.15) is 33.6 Å². The van der Waals surface area contributed by atoms with Gasteiger partial charge in [0.25, 0.3) is 0 Å². The van der Waals surface area contributed by atoms with Gasteiger partial charge in [-0.2, -0.15) is 0 Å². The fourth-order valence-electron chi connectivity index (χ4n) is 3.27. The van der Waals surface area contributed by atoms with Crippen molar-refractivity contribution in [3.8, 4) is 0 Å². The van der Waals surface area contributed by atoms with Gasteiger partial charge in [0.05, 0.1) is 0 Å². The molecule has 0 aromatic rings. The van der Waals surface area contributed by atoms with Crippen molar-refractivity contribution in [2.75, 3.05) is 26.7 Å². The zero-order chi connectivity index (χ0) is 14.2. The van der Waals surface area contributed by atoms with E-state index in [4.69, 9.17) is 0 Å². The summed E-state index contributed by atoms with van der Waals surface area (Å²) in [5.74, 6) is 0.480. The van der Waals surface area contributed by atoms with Crippen molar-refractivity contribution in [1.29, 1.82) is 0 Å². The summed E-state index contributed by atoms with van der Waals surface area (Å²) in [6.45, 7) is 8.36. The number of nitrogens with zero attached hydrogens (tertiary/aromatic N) is 2. The van der Waals surface area contributed by atoms with Gasteiger partial charge in [-0.05, 0) is 39.8 Å². The molecular weight excluding hydrogens is 242 g/mol. The molecule has 5 heteroatoms. The number of likely N-dealkylation sites (tertiary alicyclic amines) is 1. The third kappa shape index (κ3) is 2.91. The van der Waals surface area contributed by atoms with E-state index >= 15 is 0 Å². The second kappa shape index (κ2) is 5.12. The second-order valence-corrected chi connectivity index (χ2v) is 6.52.